The Morgan fingerprint density at radius 3 is 2.40 bits per heavy atom. The molecule has 0 aliphatic heterocycles. The van der Waals surface area contributed by atoms with Crippen LogP contribution in [0.25, 0.3) is 0 Å². The Balaban J connectivity index is 1.72. The number of carbonyl (C=O) groups is 1. The maximum Gasteiger partial charge on any atom is 0.416 e. The molecule has 2 aromatic carbocycles. The van der Waals surface area contributed by atoms with Crippen LogP contribution in [0.3, 0.4) is 0 Å². The van der Waals surface area contributed by atoms with E-state index in [2.05, 4.69) is 5.32 Å². The number of benzene rings is 2. The second-order valence-electron chi connectivity index (χ2n) is 8.75. The highest BCUT2D eigenvalue weighted by molar-refractivity contribution is 7.92. The highest BCUT2D eigenvalue weighted by atomic mass is 32.2. The zero-order chi connectivity index (χ0) is 25.8. The fourth-order valence-electron chi connectivity index (χ4n) is 3.92. The summed E-state index contributed by atoms with van der Waals surface area (Å²) in [5.41, 5.74) is -0.351. The van der Waals surface area contributed by atoms with Crippen LogP contribution in [0.1, 0.15) is 61.6 Å². The lowest BCUT2D eigenvalue weighted by atomic mass is 9.97. The highest BCUT2D eigenvalue weighted by Gasteiger charge is 2.32. The van der Waals surface area contributed by atoms with E-state index in [-0.39, 0.29) is 24.1 Å². The summed E-state index contributed by atoms with van der Waals surface area (Å²) < 4.78 is 84.6. The van der Waals surface area contributed by atoms with Crippen LogP contribution in [0.2, 0.25) is 0 Å². The molecule has 0 unspecified atom stereocenters. The second kappa shape index (κ2) is 10.8. The van der Waals surface area contributed by atoms with Crippen LogP contribution in [0.15, 0.2) is 36.4 Å². The molecule has 2 aromatic rings. The van der Waals surface area contributed by atoms with E-state index in [1.165, 1.54) is 18.2 Å². The number of hydrogen-bond acceptors (Lipinski definition) is 4. The number of nitrogens with one attached hydrogen (secondary N) is 2. The van der Waals surface area contributed by atoms with E-state index >= 15 is 0 Å². The predicted molar refractivity (Wildman–Crippen MR) is 124 cm³/mol. The normalized spacial score (nSPS) is 15.9. The van der Waals surface area contributed by atoms with Crippen molar-refractivity contribution in [3.05, 3.63) is 58.9 Å². The number of rotatable bonds is 8. The maximum atomic E-state index is 14.3. The fourth-order valence-corrected chi connectivity index (χ4v) is 4.48. The molecule has 6 nitrogen and oxygen atoms in total. The number of anilines is 1. The van der Waals surface area contributed by atoms with Crippen LogP contribution < -0.4 is 14.8 Å². The van der Waals surface area contributed by atoms with E-state index < -0.39 is 39.4 Å². The van der Waals surface area contributed by atoms with Crippen LogP contribution in [-0.4, -0.2) is 26.7 Å². The van der Waals surface area contributed by atoms with Crippen molar-refractivity contribution in [3.63, 3.8) is 0 Å². The predicted octanol–water partition coefficient (Wildman–Crippen LogP) is 5.35. The van der Waals surface area contributed by atoms with Crippen molar-refractivity contribution < 1.29 is 35.5 Å². The molecule has 0 bridgehead atoms. The molecule has 1 saturated carbocycles. The van der Waals surface area contributed by atoms with Gasteiger partial charge in [-0.15, -0.1) is 0 Å². The minimum atomic E-state index is -4.52. The van der Waals surface area contributed by atoms with Gasteiger partial charge in [-0.3, -0.25) is 9.52 Å². The first-order chi connectivity index (χ1) is 16.3. The van der Waals surface area contributed by atoms with Gasteiger partial charge in [0.05, 0.1) is 29.5 Å². The molecule has 1 fully saturated rings. The van der Waals surface area contributed by atoms with Crippen molar-refractivity contribution in [2.75, 3.05) is 11.0 Å². The number of hydrogen-bond donors (Lipinski definition) is 2. The molecule has 1 aliphatic carbocycles. The van der Waals surface area contributed by atoms with E-state index in [0.717, 1.165) is 56.6 Å². The topological polar surface area (TPSA) is 84.5 Å². The van der Waals surface area contributed by atoms with Gasteiger partial charge in [0.25, 0.3) is 0 Å². The first-order valence-electron chi connectivity index (χ1n) is 11.2. The van der Waals surface area contributed by atoms with Crippen LogP contribution in [0.4, 0.5) is 23.2 Å². The molecule has 35 heavy (non-hydrogen) atoms. The molecular weight excluding hydrogens is 488 g/mol. The number of halogens is 4. The maximum absolute atomic E-state index is 14.3. The molecule has 1 atom stereocenters. The van der Waals surface area contributed by atoms with Gasteiger partial charge in [0.1, 0.15) is 11.6 Å². The van der Waals surface area contributed by atoms with Crippen LogP contribution in [0, 0.1) is 5.82 Å². The summed E-state index contributed by atoms with van der Waals surface area (Å²) in [5, 5.41) is 2.67. The third-order valence-corrected chi connectivity index (χ3v) is 6.47. The van der Waals surface area contributed by atoms with Crippen molar-refractivity contribution in [2.45, 2.75) is 63.8 Å². The average molecular weight is 517 g/mol. The van der Waals surface area contributed by atoms with Gasteiger partial charge in [-0.2, -0.15) is 13.2 Å². The Bertz CT molecular complexity index is 1160. The molecule has 192 valence electrons. The molecular formula is C24H28F4N2O4S. The number of amides is 1. The van der Waals surface area contributed by atoms with Gasteiger partial charge in [-0.05, 0) is 62.4 Å². The second-order valence-corrected chi connectivity index (χ2v) is 10.5. The van der Waals surface area contributed by atoms with Crippen molar-refractivity contribution in [3.8, 4) is 5.75 Å². The fraction of sp³-hybridized carbons (Fsp3) is 0.458. The van der Waals surface area contributed by atoms with Gasteiger partial charge in [-0.1, -0.05) is 18.6 Å². The lowest BCUT2D eigenvalue weighted by molar-refractivity contribution is -0.137. The van der Waals surface area contributed by atoms with Gasteiger partial charge in [0.2, 0.25) is 15.9 Å². The first-order valence-corrected chi connectivity index (χ1v) is 13.1. The van der Waals surface area contributed by atoms with Crippen LogP contribution in [-0.2, 0) is 27.5 Å². The van der Waals surface area contributed by atoms with Crippen molar-refractivity contribution >= 4 is 21.6 Å². The average Bonchev–Trinajstić information content (AvgIpc) is 2.78. The van der Waals surface area contributed by atoms with E-state index in [4.69, 9.17) is 4.74 Å². The van der Waals surface area contributed by atoms with E-state index in [1.54, 1.807) is 6.92 Å². The van der Waals surface area contributed by atoms with Crippen LogP contribution in [0.5, 0.6) is 5.75 Å². The number of sulfonamides is 1. The monoisotopic (exact) mass is 516 g/mol. The molecule has 11 heteroatoms. The van der Waals surface area contributed by atoms with Crippen molar-refractivity contribution in [1.82, 2.24) is 5.32 Å². The molecule has 2 N–H and O–H groups in total. The van der Waals surface area contributed by atoms with Gasteiger partial charge >= 0.3 is 6.18 Å². The van der Waals surface area contributed by atoms with E-state index in [9.17, 15) is 30.8 Å². The molecule has 1 aliphatic rings. The van der Waals surface area contributed by atoms with Gasteiger partial charge < -0.3 is 10.1 Å². The summed E-state index contributed by atoms with van der Waals surface area (Å²) in [6.07, 6.45) is 0.666. The number of ether oxygens (including phenoxy) is 1. The van der Waals surface area contributed by atoms with Gasteiger partial charge in [0, 0.05) is 12.1 Å². The Morgan fingerprint density at radius 1 is 1.11 bits per heavy atom. The molecule has 0 radical (unpaired) electrons. The minimum absolute atomic E-state index is 0.0699. The van der Waals surface area contributed by atoms with Crippen molar-refractivity contribution in [2.24, 2.45) is 0 Å². The molecule has 0 spiro atoms. The first kappa shape index (κ1) is 26.8. The summed E-state index contributed by atoms with van der Waals surface area (Å²) in [7, 11) is -3.67. The zero-order valence-electron chi connectivity index (χ0n) is 19.4. The van der Waals surface area contributed by atoms with Gasteiger partial charge in [0.15, 0.2) is 0 Å². The van der Waals surface area contributed by atoms with Gasteiger partial charge in [-0.25, -0.2) is 12.8 Å². The number of alkyl halides is 3. The van der Waals surface area contributed by atoms with E-state index in [1.807, 2.05) is 4.72 Å². The smallest absolute Gasteiger partial charge is 0.416 e. The molecule has 0 aromatic heterocycles. The highest BCUT2D eigenvalue weighted by Crippen LogP contribution is 2.35. The standard InChI is InChI=1S/C24H28F4N2O4S/c1-15(16-9-11-21(20(25)12-16)30-35(2,32)33)23(31)29-14-17-8-10-18(24(26,27)28)13-22(17)34-19-6-4-3-5-7-19/h8-13,15,19,30H,3-7,14H2,1-2H3,(H,29,31)/t15-/m1/s1. The Hall–Kier alpha value is -2.82. The summed E-state index contributed by atoms with van der Waals surface area (Å²) in [6.45, 7) is 1.47. The molecule has 1 amide bonds. The Kier molecular flexibility index (Phi) is 8.30. The Morgan fingerprint density at radius 2 is 1.80 bits per heavy atom. The summed E-state index contributed by atoms with van der Waals surface area (Å²) >= 11 is 0. The molecule has 0 saturated heterocycles. The minimum Gasteiger partial charge on any atom is -0.490 e. The zero-order valence-corrected chi connectivity index (χ0v) is 20.2. The number of carbonyl (C=O) groups excluding carboxylic acids is 1. The molecule has 0 heterocycles. The van der Waals surface area contributed by atoms with Crippen molar-refractivity contribution in [1.29, 1.82) is 0 Å². The quantitative estimate of drug-likeness (QED) is 0.464. The lowest BCUT2D eigenvalue weighted by Gasteiger charge is -2.25. The SMILES string of the molecule is C[C@@H](C(=O)NCc1ccc(C(F)(F)F)cc1OC1CCCCC1)c1ccc(NS(C)(=O)=O)c(F)c1. The third kappa shape index (κ3) is 7.58. The summed E-state index contributed by atoms with van der Waals surface area (Å²) in [6, 6.07) is 6.91. The summed E-state index contributed by atoms with van der Waals surface area (Å²) in [5.74, 6) is -2.02. The van der Waals surface area contributed by atoms with Crippen LogP contribution >= 0.6 is 0 Å². The Labute approximate surface area is 202 Å². The van der Waals surface area contributed by atoms with E-state index in [0.29, 0.717) is 11.1 Å². The third-order valence-electron chi connectivity index (χ3n) is 5.88. The molecule has 3 rings (SSSR count). The lowest BCUT2D eigenvalue weighted by Crippen LogP contribution is -2.28. The largest absolute Gasteiger partial charge is 0.490 e. The summed E-state index contributed by atoms with van der Waals surface area (Å²) in [4.78, 5) is 12.7.